The van der Waals surface area contributed by atoms with Crippen LogP contribution in [0.4, 0.5) is 24.5 Å². The van der Waals surface area contributed by atoms with Gasteiger partial charge in [0.15, 0.2) is 0 Å². The Morgan fingerprint density at radius 3 is 2.04 bits per heavy atom. The summed E-state index contributed by atoms with van der Waals surface area (Å²) in [6.45, 7) is 0.329. The molecule has 10 heteroatoms. The molecule has 2 rings (SSSR count). The van der Waals surface area contributed by atoms with Crippen molar-refractivity contribution in [2.75, 3.05) is 16.7 Å². The summed E-state index contributed by atoms with van der Waals surface area (Å²) < 4.78 is 64.2. The standard InChI is InChI=1S/C17H17F3N2O4S/c1-16(24,17(18,19)20)15(23)21-12-8-10-14(11-9-12)27(25,26)22(2)13-6-4-3-5-7-13/h3-11,24H,1-2H3,(H,21,23). The molecule has 1 amide bonds. The molecule has 0 radical (unpaired) electrons. The maximum atomic E-state index is 12.7. The second kappa shape index (κ2) is 7.20. The van der Waals surface area contributed by atoms with Gasteiger partial charge in [-0.25, -0.2) is 8.42 Å². The molecule has 2 aromatic carbocycles. The number of anilines is 2. The van der Waals surface area contributed by atoms with Crippen LogP contribution in [0.1, 0.15) is 6.92 Å². The van der Waals surface area contributed by atoms with Crippen molar-refractivity contribution in [2.45, 2.75) is 23.6 Å². The molecule has 0 aromatic heterocycles. The normalized spacial score (nSPS) is 14.3. The number of para-hydroxylation sites is 1. The molecule has 146 valence electrons. The lowest BCUT2D eigenvalue weighted by Crippen LogP contribution is -2.52. The van der Waals surface area contributed by atoms with Gasteiger partial charge in [0.1, 0.15) is 0 Å². The van der Waals surface area contributed by atoms with E-state index in [1.165, 1.54) is 7.05 Å². The Hall–Kier alpha value is -2.59. The first-order chi connectivity index (χ1) is 12.4. The number of amides is 1. The molecular weight excluding hydrogens is 385 g/mol. The molecule has 0 bridgehead atoms. The quantitative estimate of drug-likeness (QED) is 0.805. The summed E-state index contributed by atoms with van der Waals surface area (Å²) in [7, 11) is -2.54. The van der Waals surface area contributed by atoms with Crippen LogP contribution in [-0.4, -0.2) is 38.3 Å². The Bertz CT molecular complexity index is 911. The van der Waals surface area contributed by atoms with Crippen molar-refractivity contribution in [2.24, 2.45) is 0 Å². The maximum absolute atomic E-state index is 12.7. The number of hydrogen-bond donors (Lipinski definition) is 2. The van der Waals surface area contributed by atoms with Crippen molar-refractivity contribution < 1.29 is 31.5 Å². The van der Waals surface area contributed by atoms with Crippen molar-refractivity contribution >= 4 is 27.3 Å². The smallest absolute Gasteiger partial charge is 0.373 e. The van der Waals surface area contributed by atoms with E-state index in [0.29, 0.717) is 12.6 Å². The summed E-state index contributed by atoms with van der Waals surface area (Å²) in [5.41, 5.74) is -3.24. The molecule has 0 spiro atoms. The third kappa shape index (κ3) is 4.22. The molecule has 1 atom stereocenters. The number of alkyl halides is 3. The summed E-state index contributed by atoms with van der Waals surface area (Å²) in [6.07, 6.45) is -5.15. The predicted octanol–water partition coefficient (Wildman–Crippen LogP) is 2.76. The highest BCUT2D eigenvalue weighted by Crippen LogP contribution is 2.31. The zero-order chi connectivity index (χ0) is 20.5. The monoisotopic (exact) mass is 402 g/mol. The van der Waals surface area contributed by atoms with Crippen LogP contribution in [0.5, 0.6) is 0 Å². The Labute approximate surface area is 154 Å². The average Bonchev–Trinajstić information content (AvgIpc) is 2.61. The SMILES string of the molecule is CN(c1ccccc1)S(=O)(=O)c1ccc(NC(=O)C(C)(O)C(F)(F)F)cc1. The van der Waals surface area contributed by atoms with E-state index in [-0.39, 0.29) is 10.6 Å². The number of nitrogens with zero attached hydrogens (tertiary/aromatic N) is 1. The number of hydrogen-bond acceptors (Lipinski definition) is 4. The molecule has 0 fully saturated rings. The molecule has 1 unspecified atom stereocenters. The van der Waals surface area contributed by atoms with Gasteiger partial charge in [-0.1, -0.05) is 18.2 Å². The van der Waals surface area contributed by atoms with E-state index in [1.807, 2.05) is 5.32 Å². The van der Waals surface area contributed by atoms with Crippen LogP contribution in [0.2, 0.25) is 0 Å². The molecule has 2 aromatic rings. The number of aliphatic hydroxyl groups is 1. The van der Waals surface area contributed by atoms with Crippen molar-refractivity contribution in [1.82, 2.24) is 0 Å². The van der Waals surface area contributed by atoms with Crippen LogP contribution < -0.4 is 9.62 Å². The highest BCUT2D eigenvalue weighted by Gasteiger charge is 2.55. The van der Waals surface area contributed by atoms with Gasteiger partial charge in [-0.3, -0.25) is 9.10 Å². The largest absolute Gasteiger partial charge is 0.426 e. The zero-order valence-corrected chi connectivity index (χ0v) is 15.2. The molecule has 27 heavy (non-hydrogen) atoms. The minimum atomic E-state index is -5.15. The Kier molecular flexibility index (Phi) is 5.52. The minimum Gasteiger partial charge on any atom is -0.373 e. The van der Waals surface area contributed by atoms with Crippen molar-refractivity contribution in [3.63, 3.8) is 0 Å². The summed E-state index contributed by atoms with van der Waals surface area (Å²) in [6, 6.07) is 12.8. The number of rotatable bonds is 5. The third-order valence-corrected chi connectivity index (χ3v) is 5.68. The predicted molar refractivity (Wildman–Crippen MR) is 93.8 cm³/mol. The zero-order valence-electron chi connectivity index (χ0n) is 14.4. The van der Waals surface area contributed by atoms with E-state index in [2.05, 4.69) is 0 Å². The van der Waals surface area contributed by atoms with E-state index >= 15 is 0 Å². The summed E-state index contributed by atoms with van der Waals surface area (Å²) in [5, 5.41) is 11.2. The summed E-state index contributed by atoms with van der Waals surface area (Å²) in [5.74, 6) is -1.67. The second-order valence-corrected chi connectivity index (χ2v) is 7.83. The van der Waals surface area contributed by atoms with Crippen LogP contribution in [-0.2, 0) is 14.8 Å². The van der Waals surface area contributed by atoms with Crippen LogP contribution >= 0.6 is 0 Å². The van der Waals surface area contributed by atoms with E-state index < -0.39 is 27.7 Å². The first-order valence-corrected chi connectivity index (χ1v) is 9.06. The lowest BCUT2D eigenvalue weighted by Gasteiger charge is -2.25. The number of carbonyl (C=O) groups excluding carboxylic acids is 1. The lowest BCUT2D eigenvalue weighted by atomic mass is 10.1. The van der Waals surface area contributed by atoms with E-state index in [4.69, 9.17) is 0 Å². The van der Waals surface area contributed by atoms with Gasteiger partial charge in [0.05, 0.1) is 10.6 Å². The fraction of sp³-hybridized carbons (Fsp3) is 0.235. The van der Waals surface area contributed by atoms with Gasteiger partial charge in [-0.2, -0.15) is 13.2 Å². The molecule has 0 aliphatic rings. The van der Waals surface area contributed by atoms with Gasteiger partial charge in [0, 0.05) is 12.7 Å². The summed E-state index contributed by atoms with van der Waals surface area (Å²) >= 11 is 0. The first kappa shape index (κ1) is 20.7. The van der Waals surface area contributed by atoms with Crippen molar-refractivity contribution in [3.8, 4) is 0 Å². The minimum absolute atomic E-state index is 0.0918. The average molecular weight is 402 g/mol. The molecule has 6 nitrogen and oxygen atoms in total. The van der Waals surface area contributed by atoms with Gasteiger partial charge >= 0.3 is 6.18 Å². The van der Waals surface area contributed by atoms with Crippen LogP contribution in [0.3, 0.4) is 0 Å². The fourth-order valence-electron chi connectivity index (χ4n) is 2.03. The highest BCUT2D eigenvalue weighted by atomic mass is 32.2. The lowest BCUT2D eigenvalue weighted by molar-refractivity contribution is -0.242. The van der Waals surface area contributed by atoms with Crippen LogP contribution in [0.15, 0.2) is 59.5 Å². The molecule has 0 aliphatic carbocycles. The van der Waals surface area contributed by atoms with Gasteiger partial charge in [0.2, 0.25) is 5.60 Å². The number of benzene rings is 2. The number of halogens is 3. The van der Waals surface area contributed by atoms with E-state index in [9.17, 15) is 31.5 Å². The Balaban J connectivity index is 2.21. The molecule has 2 N–H and O–H groups in total. The van der Waals surface area contributed by atoms with Gasteiger partial charge in [-0.05, 0) is 43.3 Å². The topological polar surface area (TPSA) is 86.7 Å². The summed E-state index contributed by atoms with van der Waals surface area (Å²) in [4.78, 5) is 11.5. The Morgan fingerprint density at radius 2 is 1.56 bits per heavy atom. The number of sulfonamides is 1. The third-order valence-electron chi connectivity index (χ3n) is 3.88. The molecule has 0 saturated carbocycles. The van der Waals surface area contributed by atoms with Crippen molar-refractivity contribution in [3.05, 3.63) is 54.6 Å². The second-order valence-electron chi connectivity index (χ2n) is 5.86. The maximum Gasteiger partial charge on any atom is 0.426 e. The molecular formula is C17H17F3N2O4S. The number of nitrogens with one attached hydrogen (secondary N) is 1. The van der Waals surface area contributed by atoms with E-state index in [0.717, 1.165) is 28.6 Å². The molecule has 0 heterocycles. The van der Waals surface area contributed by atoms with E-state index in [1.54, 1.807) is 30.3 Å². The van der Waals surface area contributed by atoms with Crippen LogP contribution in [0, 0.1) is 0 Å². The molecule has 0 saturated heterocycles. The Morgan fingerprint density at radius 1 is 1.04 bits per heavy atom. The fourth-order valence-corrected chi connectivity index (χ4v) is 3.22. The molecule has 0 aliphatic heterocycles. The van der Waals surface area contributed by atoms with Gasteiger partial charge < -0.3 is 10.4 Å². The van der Waals surface area contributed by atoms with Gasteiger partial charge in [-0.15, -0.1) is 0 Å². The van der Waals surface area contributed by atoms with Crippen LogP contribution in [0.25, 0.3) is 0 Å². The number of carbonyl (C=O) groups is 1. The van der Waals surface area contributed by atoms with Crippen molar-refractivity contribution in [1.29, 1.82) is 0 Å². The first-order valence-electron chi connectivity index (χ1n) is 7.62. The highest BCUT2D eigenvalue weighted by molar-refractivity contribution is 7.92. The van der Waals surface area contributed by atoms with Gasteiger partial charge in [0.25, 0.3) is 15.9 Å².